The fourth-order valence-corrected chi connectivity index (χ4v) is 3.01. The number of hydrogen-bond donors (Lipinski definition) is 2. The Bertz CT molecular complexity index is 472. The number of pyridine rings is 1. The number of carbonyl (C=O) groups is 2. The molecule has 7 heteroatoms. The predicted molar refractivity (Wildman–Crippen MR) is 64.0 cm³/mol. The van der Waals surface area contributed by atoms with Crippen molar-refractivity contribution in [3.63, 3.8) is 0 Å². The summed E-state index contributed by atoms with van der Waals surface area (Å²) in [6, 6.07) is 2.33. The van der Waals surface area contributed by atoms with E-state index in [2.05, 4.69) is 10.3 Å². The summed E-state index contributed by atoms with van der Waals surface area (Å²) in [5.74, 6) is -1.25. The molecule has 1 aromatic rings. The lowest BCUT2D eigenvalue weighted by atomic mass is 9.98. The van der Waals surface area contributed by atoms with Gasteiger partial charge in [0.1, 0.15) is 5.54 Å². The monoisotopic (exact) mass is 270 g/mol. The van der Waals surface area contributed by atoms with Gasteiger partial charge in [0, 0.05) is 11.9 Å². The average Bonchev–Trinajstić information content (AvgIpc) is 2.79. The third kappa shape index (κ3) is 2.45. The fraction of sp³-hybridized carbons (Fsp3) is 0.364. The first-order valence-electron chi connectivity index (χ1n) is 5.29. The fourth-order valence-electron chi connectivity index (χ4n) is 1.69. The van der Waals surface area contributed by atoms with E-state index in [4.69, 9.17) is 0 Å². The Morgan fingerprint density at radius 2 is 2.28 bits per heavy atom. The highest BCUT2D eigenvalue weighted by Crippen LogP contribution is 2.28. The highest BCUT2D eigenvalue weighted by Gasteiger charge is 2.43. The zero-order valence-corrected chi connectivity index (χ0v) is 10.2. The number of nitrogens with one attached hydrogen (secondary N) is 1. The maximum absolute atomic E-state index is 12.6. The third-order valence-electron chi connectivity index (χ3n) is 2.77. The molecule has 1 aliphatic rings. The summed E-state index contributed by atoms with van der Waals surface area (Å²) in [6.45, 7) is 0. The van der Waals surface area contributed by atoms with Gasteiger partial charge >= 0.3 is 5.97 Å². The molecular weight excluding hydrogens is 259 g/mol. The first-order chi connectivity index (χ1) is 8.53. The van der Waals surface area contributed by atoms with Gasteiger partial charge in [0.2, 0.25) is 5.95 Å². The van der Waals surface area contributed by atoms with Gasteiger partial charge in [-0.1, -0.05) is 0 Å². The number of aromatic nitrogens is 1. The molecule has 2 rings (SSSR count). The molecule has 96 valence electrons. The number of halogens is 1. The first-order valence-corrected chi connectivity index (χ1v) is 6.44. The molecule has 1 fully saturated rings. The topological polar surface area (TPSA) is 79.3 Å². The smallest absolute Gasteiger partial charge is 0.330 e. The minimum Gasteiger partial charge on any atom is -0.479 e. The molecule has 18 heavy (non-hydrogen) atoms. The number of nitrogens with zero attached hydrogens (tertiary/aromatic N) is 1. The standard InChI is InChI=1S/C11H11FN2O3S/c12-8-2-1-7(5-13-8)9(15)14-11(10(16)17)3-4-18-6-11/h1-2,5H,3-4,6H2,(H,14,15)(H,16,17). The van der Waals surface area contributed by atoms with Crippen LogP contribution in [0.1, 0.15) is 16.8 Å². The lowest BCUT2D eigenvalue weighted by Crippen LogP contribution is -2.54. The van der Waals surface area contributed by atoms with Crippen LogP contribution in [0.4, 0.5) is 4.39 Å². The summed E-state index contributed by atoms with van der Waals surface area (Å²) in [7, 11) is 0. The molecule has 0 spiro atoms. The molecular formula is C11H11FN2O3S. The molecule has 2 heterocycles. The zero-order valence-electron chi connectivity index (χ0n) is 9.35. The Hall–Kier alpha value is -1.63. The largest absolute Gasteiger partial charge is 0.479 e. The minimum absolute atomic E-state index is 0.147. The van der Waals surface area contributed by atoms with Gasteiger partial charge in [0.25, 0.3) is 5.91 Å². The Kier molecular flexibility index (Phi) is 3.51. The van der Waals surface area contributed by atoms with Crippen molar-refractivity contribution in [2.24, 2.45) is 0 Å². The van der Waals surface area contributed by atoms with Crippen molar-refractivity contribution < 1.29 is 19.1 Å². The molecule has 1 saturated heterocycles. The van der Waals surface area contributed by atoms with Crippen molar-refractivity contribution in [3.8, 4) is 0 Å². The van der Waals surface area contributed by atoms with Crippen molar-refractivity contribution in [1.29, 1.82) is 0 Å². The van der Waals surface area contributed by atoms with E-state index in [9.17, 15) is 19.1 Å². The molecule has 0 bridgehead atoms. The predicted octanol–water partition coefficient (Wildman–Crippen LogP) is 0.911. The van der Waals surface area contributed by atoms with Gasteiger partial charge < -0.3 is 10.4 Å². The maximum atomic E-state index is 12.6. The number of hydrogen-bond acceptors (Lipinski definition) is 4. The summed E-state index contributed by atoms with van der Waals surface area (Å²) >= 11 is 1.48. The average molecular weight is 270 g/mol. The van der Waals surface area contributed by atoms with Crippen LogP contribution in [-0.4, -0.2) is 39.0 Å². The van der Waals surface area contributed by atoms with Gasteiger partial charge in [-0.05, 0) is 24.3 Å². The van der Waals surface area contributed by atoms with Crippen LogP contribution >= 0.6 is 11.8 Å². The van der Waals surface area contributed by atoms with Crippen LogP contribution in [0.25, 0.3) is 0 Å². The van der Waals surface area contributed by atoms with Gasteiger partial charge in [-0.2, -0.15) is 16.2 Å². The lowest BCUT2D eigenvalue weighted by Gasteiger charge is -2.24. The summed E-state index contributed by atoms with van der Waals surface area (Å²) in [6.07, 6.45) is 1.47. The summed E-state index contributed by atoms with van der Waals surface area (Å²) in [4.78, 5) is 26.5. The quantitative estimate of drug-likeness (QED) is 0.798. The Labute approximate surface area is 107 Å². The van der Waals surface area contributed by atoms with E-state index in [0.29, 0.717) is 17.9 Å². The molecule has 5 nitrogen and oxygen atoms in total. The van der Waals surface area contributed by atoms with E-state index in [1.807, 2.05) is 0 Å². The Balaban J connectivity index is 2.15. The van der Waals surface area contributed by atoms with Crippen LogP contribution in [0.5, 0.6) is 0 Å². The molecule has 0 radical (unpaired) electrons. The van der Waals surface area contributed by atoms with E-state index >= 15 is 0 Å². The number of carboxylic acid groups (broad SMARTS) is 1. The normalized spacial score (nSPS) is 22.7. The number of thioether (sulfide) groups is 1. The lowest BCUT2D eigenvalue weighted by molar-refractivity contribution is -0.143. The number of rotatable bonds is 3. The van der Waals surface area contributed by atoms with E-state index < -0.39 is 23.4 Å². The SMILES string of the molecule is O=C(NC1(C(=O)O)CCSC1)c1ccc(F)nc1. The van der Waals surface area contributed by atoms with Crippen molar-refractivity contribution in [1.82, 2.24) is 10.3 Å². The van der Waals surface area contributed by atoms with Gasteiger partial charge in [0.15, 0.2) is 0 Å². The van der Waals surface area contributed by atoms with Crippen molar-refractivity contribution in [3.05, 3.63) is 29.8 Å². The molecule has 0 aliphatic carbocycles. The van der Waals surface area contributed by atoms with Gasteiger partial charge in [-0.15, -0.1) is 0 Å². The van der Waals surface area contributed by atoms with Crippen molar-refractivity contribution >= 4 is 23.6 Å². The summed E-state index contributed by atoms with van der Waals surface area (Å²) < 4.78 is 12.6. The molecule has 1 atom stereocenters. The minimum atomic E-state index is -1.23. The molecule has 1 aromatic heterocycles. The van der Waals surface area contributed by atoms with E-state index in [1.165, 1.54) is 17.8 Å². The van der Waals surface area contributed by atoms with Gasteiger partial charge in [-0.25, -0.2) is 9.78 Å². The van der Waals surface area contributed by atoms with E-state index in [1.54, 1.807) is 0 Å². The van der Waals surface area contributed by atoms with E-state index in [0.717, 1.165) is 12.3 Å². The highest BCUT2D eigenvalue weighted by molar-refractivity contribution is 7.99. The van der Waals surface area contributed by atoms with Crippen LogP contribution in [0.2, 0.25) is 0 Å². The Morgan fingerprint density at radius 1 is 1.50 bits per heavy atom. The molecule has 1 aliphatic heterocycles. The molecule has 0 saturated carbocycles. The second-order valence-corrected chi connectivity index (χ2v) is 5.12. The zero-order chi connectivity index (χ0) is 13.2. The second-order valence-electron chi connectivity index (χ2n) is 4.01. The van der Waals surface area contributed by atoms with Crippen LogP contribution in [0.3, 0.4) is 0 Å². The van der Waals surface area contributed by atoms with Gasteiger partial charge in [0.05, 0.1) is 5.56 Å². The first kappa shape index (κ1) is 12.8. The van der Waals surface area contributed by atoms with Crippen LogP contribution in [0.15, 0.2) is 18.3 Å². The van der Waals surface area contributed by atoms with Gasteiger partial charge in [-0.3, -0.25) is 4.79 Å². The van der Waals surface area contributed by atoms with E-state index in [-0.39, 0.29) is 5.56 Å². The van der Waals surface area contributed by atoms with Crippen molar-refractivity contribution in [2.75, 3.05) is 11.5 Å². The number of carboxylic acids is 1. The Morgan fingerprint density at radius 3 is 2.78 bits per heavy atom. The number of aliphatic carboxylic acids is 1. The molecule has 2 N–H and O–H groups in total. The summed E-state index contributed by atoms with van der Waals surface area (Å²) in [5, 5.41) is 11.7. The highest BCUT2D eigenvalue weighted by atomic mass is 32.2. The third-order valence-corrected chi connectivity index (χ3v) is 3.96. The number of amides is 1. The molecule has 0 aromatic carbocycles. The van der Waals surface area contributed by atoms with Crippen LogP contribution < -0.4 is 5.32 Å². The second kappa shape index (κ2) is 4.93. The van der Waals surface area contributed by atoms with Crippen LogP contribution in [-0.2, 0) is 4.79 Å². The number of carbonyl (C=O) groups excluding carboxylic acids is 1. The molecule has 1 amide bonds. The van der Waals surface area contributed by atoms with Crippen LogP contribution in [0, 0.1) is 5.95 Å². The van der Waals surface area contributed by atoms with Crippen molar-refractivity contribution in [2.45, 2.75) is 12.0 Å². The molecule has 1 unspecified atom stereocenters. The maximum Gasteiger partial charge on any atom is 0.330 e. The summed E-state index contributed by atoms with van der Waals surface area (Å²) in [5.41, 5.74) is -1.08.